The third-order valence-corrected chi connectivity index (χ3v) is 3.02. The van der Waals surface area contributed by atoms with Crippen molar-refractivity contribution >= 4 is 17.3 Å². The van der Waals surface area contributed by atoms with Crippen molar-refractivity contribution < 1.29 is 4.79 Å². The van der Waals surface area contributed by atoms with Crippen molar-refractivity contribution in [3.63, 3.8) is 0 Å². The topological polar surface area (TPSA) is 32.3 Å². The highest BCUT2D eigenvalue weighted by Gasteiger charge is 2.35. The molecule has 2 rings (SSSR count). The van der Waals surface area contributed by atoms with Gasteiger partial charge < -0.3 is 10.2 Å². The second kappa shape index (κ2) is 3.51. The predicted molar refractivity (Wildman–Crippen MR) is 66.9 cm³/mol. The zero-order chi connectivity index (χ0) is 11.9. The molecule has 0 atom stereocenters. The normalized spacial score (nSPS) is 17.6. The third kappa shape index (κ3) is 1.66. The minimum atomic E-state index is -0.173. The highest BCUT2D eigenvalue weighted by atomic mass is 16.2. The molecule has 3 heteroatoms. The second-order valence-corrected chi connectivity index (χ2v) is 5.04. The molecule has 1 aliphatic rings. The maximum atomic E-state index is 11.8. The van der Waals surface area contributed by atoms with Gasteiger partial charge in [-0.15, -0.1) is 0 Å². The summed E-state index contributed by atoms with van der Waals surface area (Å²) in [7, 11) is 0. The molecular formula is C13H18N2O. The Hall–Kier alpha value is -1.51. The first kappa shape index (κ1) is 11.0. The van der Waals surface area contributed by atoms with Gasteiger partial charge in [0.05, 0.1) is 16.9 Å². The fraction of sp³-hybridized carbons (Fsp3) is 0.462. The van der Waals surface area contributed by atoms with E-state index < -0.39 is 0 Å². The number of carbonyl (C=O) groups is 1. The first-order valence-electron chi connectivity index (χ1n) is 5.57. The van der Waals surface area contributed by atoms with Crippen LogP contribution in [0.1, 0.15) is 26.3 Å². The zero-order valence-electron chi connectivity index (χ0n) is 10.3. The number of hydrogen-bond donors (Lipinski definition) is 1. The molecule has 1 heterocycles. The summed E-state index contributed by atoms with van der Waals surface area (Å²) in [5.41, 5.74) is 3.06. The van der Waals surface area contributed by atoms with E-state index in [2.05, 4.69) is 32.2 Å². The van der Waals surface area contributed by atoms with Crippen molar-refractivity contribution in [1.82, 2.24) is 0 Å². The highest BCUT2D eigenvalue weighted by Crippen LogP contribution is 2.36. The lowest BCUT2D eigenvalue weighted by molar-refractivity contribution is -0.117. The smallest absolute Gasteiger partial charge is 0.224 e. The molecule has 1 amide bonds. The molecule has 0 saturated heterocycles. The molecule has 0 radical (unpaired) electrons. The van der Waals surface area contributed by atoms with Gasteiger partial charge in [-0.1, -0.05) is 6.07 Å². The predicted octanol–water partition coefficient (Wildman–Crippen LogP) is 2.55. The van der Waals surface area contributed by atoms with Crippen LogP contribution in [0.2, 0.25) is 0 Å². The minimum absolute atomic E-state index is 0.0941. The van der Waals surface area contributed by atoms with Gasteiger partial charge in [-0.25, -0.2) is 0 Å². The van der Waals surface area contributed by atoms with Crippen molar-refractivity contribution in [2.75, 3.05) is 16.8 Å². The van der Waals surface area contributed by atoms with Gasteiger partial charge in [0.25, 0.3) is 0 Å². The van der Waals surface area contributed by atoms with Crippen LogP contribution >= 0.6 is 0 Å². The third-order valence-electron chi connectivity index (χ3n) is 3.02. The van der Waals surface area contributed by atoms with E-state index in [1.807, 2.05) is 17.0 Å². The van der Waals surface area contributed by atoms with Crippen molar-refractivity contribution in [2.24, 2.45) is 0 Å². The van der Waals surface area contributed by atoms with Crippen LogP contribution in [-0.2, 0) is 4.79 Å². The van der Waals surface area contributed by atoms with E-state index in [9.17, 15) is 4.79 Å². The summed E-state index contributed by atoms with van der Waals surface area (Å²) in [4.78, 5) is 13.6. The Balaban J connectivity index is 2.54. The second-order valence-electron chi connectivity index (χ2n) is 5.04. The number of hydrogen-bond acceptors (Lipinski definition) is 2. The summed E-state index contributed by atoms with van der Waals surface area (Å²) in [5, 5.41) is 3.38. The van der Waals surface area contributed by atoms with Crippen LogP contribution in [0.25, 0.3) is 0 Å². The average molecular weight is 218 g/mol. The van der Waals surface area contributed by atoms with Gasteiger partial charge in [-0.05, 0) is 38.5 Å². The Morgan fingerprint density at radius 3 is 2.75 bits per heavy atom. The first-order valence-corrected chi connectivity index (χ1v) is 5.57. The van der Waals surface area contributed by atoms with Crippen LogP contribution in [0, 0.1) is 6.92 Å². The van der Waals surface area contributed by atoms with Gasteiger partial charge in [0.15, 0.2) is 0 Å². The van der Waals surface area contributed by atoms with Crippen LogP contribution in [0.5, 0.6) is 0 Å². The van der Waals surface area contributed by atoms with Crippen LogP contribution in [0.4, 0.5) is 11.4 Å². The van der Waals surface area contributed by atoms with Crippen molar-refractivity contribution in [2.45, 2.75) is 33.2 Å². The van der Waals surface area contributed by atoms with E-state index in [0.717, 1.165) is 17.9 Å². The number of carbonyl (C=O) groups excluding carboxylic acids is 1. The van der Waals surface area contributed by atoms with E-state index in [4.69, 9.17) is 0 Å². The summed E-state index contributed by atoms with van der Waals surface area (Å²) in [6.45, 7) is 8.61. The average Bonchev–Trinajstić information content (AvgIpc) is 2.16. The van der Waals surface area contributed by atoms with Gasteiger partial charge in [-0.3, -0.25) is 4.79 Å². The highest BCUT2D eigenvalue weighted by molar-refractivity contribution is 5.97. The molecule has 0 unspecified atom stereocenters. The lowest BCUT2D eigenvalue weighted by Gasteiger charge is -2.43. The Labute approximate surface area is 96.5 Å². The van der Waals surface area contributed by atoms with Gasteiger partial charge in [-0.2, -0.15) is 0 Å². The molecule has 0 fully saturated rings. The molecule has 0 aliphatic carbocycles. The molecule has 1 aromatic carbocycles. The summed E-state index contributed by atoms with van der Waals surface area (Å²) < 4.78 is 0. The summed E-state index contributed by atoms with van der Waals surface area (Å²) in [5.74, 6) is 0.0941. The van der Waals surface area contributed by atoms with Gasteiger partial charge in [0.1, 0.15) is 0 Å². The molecule has 1 N–H and O–H groups in total. The number of anilines is 2. The van der Waals surface area contributed by atoms with Crippen molar-refractivity contribution in [3.8, 4) is 0 Å². The zero-order valence-corrected chi connectivity index (χ0v) is 10.3. The van der Waals surface area contributed by atoms with Crippen LogP contribution in [0.15, 0.2) is 18.2 Å². The number of benzene rings is 1. The number of nitrogens with one attached hydrogen (secondary N) is 1. The van der Waals surface area contributed by atoms with Crippen LogP contribution in [-0.4, -0.2) is 18.0 Å². The fourth-order valence-electron chi connectivity index (χ4n) is 2.30. The van der Waals surface area contributed by atoms with E-state index in [1.54, 1.807) is 6.92 Å². The summed E-state index contributed by atoms with van der Waals surface area (Å²) in [6.07, 6.45) is 0. The van der Waals surface area contributed by atoms with E-state index in [0.29, 0.717) is 0 Å². The number of fused-ring (bicyclic) bond motifs is 1. The SMILES string of the molecule is CC(=O)N1c2ccc(C)cc2NCC1(C)C. The fourth-order valence-corrected chi connectivity index (χ4v) is 2.30. The molecule has 0 aromatic heterocycles. The molecule has 3 nitrogen and oxygen atoms in total. The Bertz CT molecular complexity index is 438. The molecule has 86 valence electrons. The van der Waals surface area contributed by atoms with Crippen molar-refractivity contribution in [1.29, 1.82) is 0 Å². The number of amides is 1. The molecule has 1 aliphatic heterocycles. The van der Waals surface area contributed by atoms with Crippen LogP contribution < -0.4 is 10.2 Å². The molecule has 0 spiro atoms. The van der Waals surface area contributed by atoms with E-state index in [-0.39, 0.29) is 11.4 Å². The molecule has 0 bridgehead atoms. The molecule has 0 saturated carbocycles. The lowest BCUT2D eigenvalue weighted by atomic mass is 9.97. The maximum absolute atomic E-state index is 11.8. The largest absolute Gasteiger partial charge is 0.381 e. The molecule has 16 heavy (non-hydrogen) atoms. The monoisotopic (exact) mass is 218 g/mol. The van der Waals surface area contributed by atoms with E-state index >= 15 is 0 Å². The van der Waals surface area contributed by atoms with Crippen molar-refractivity contribution in [3.05, 3.63) is 23.8 Å². The van der Waals surface area contributed by atoms with Gasteiger partial charge in [0, 0.05) is 13.5 Å². The molecule has 1 aromatic rings. The lowest BCUT2D eigenvalue weighted by Crippen LogP contribution is -2.54. The Kier molecular flexibility index (Phi) is 2.41. The van der Waals surface area contributed by atoms with Gasteiger partial charge >= 0.3 is 0 Å². The maximum Gasteiger partial charge on any atom is 0.224 e. The molecular weight excluding hydrogens is 200 g/mol. The summed E-state index contributed by atoms with van der Waals surface area (Å²) in [6, 6.07) is 6.14. The van der Waals surface area contributed by atoms with Gasteiger partial charge in [0.2, 0.25) is 5.91 Å². The number of aryl methyl sites for hydroxylation is 1. The number of nitrogens with zero attached hydrogens (tertiary/aromatic N) is 1. The Morgan fingerprint density at radius 1 is 1.44 bits per heavy atom. The van der Waals surface area contributed by atoms with Crippen LogP contribution in [0.3, 0.4) is 0 Å². The number of rotatable bonds is 0. The van der Waals surface area contributed by atoms with E-state index in [1.165, 1.54) is 5.56 Å². The quantitative estimate of drug-likeness (QED) is 0.725. The standard InChI is InChI=1S/C13H18N2O/c1-9-5-6-12-11(7-9)14-8-13(3,4)15(12)10(2)16/h5-7,14H,8H2,1-4H3. The Morgan fingerprint density at radius 2 is 2.12 bits per heavy atom. The first-order chi connectivity index (χ1) is 7.42. The summed E-state index contributed by atoms with van der Waals surface area (Å²) >= 11 is 0. The minimum Gasteiger partial charge on any atom is -0.381 e.